The molecule has 0 aliphatic heterocycles. The van der Waals surface area contributed by atoms with E-state index in [1.807, 2.05) is 0 Å². The lowest BCUT2D eigenvalue weighted by Crippen LogP contribution is -2.00. The number of ether oxygens (including phenoxy) is 1. The van der Waals surface area contributed by atoms with Crippen molar-refractivity contribution in [3.8, 4) is 11.6 Å². The van der Waals surface area contributed by atoms with Crippen molar-refractivity contribution in [3.63, 3.8) is 0 Å². The number of benzene rings is 1. The van der Waals surface area contributed by atoms with Crippen molar-refractivity contribution in [2.75, 3.05) is 0 Å². The molecule has 0 aliphatic rings. The summed E-state index contributed by atoms with van der Waals surface area (Å²) >= 11 is 11.8. The minimum atomic E-state index is -0.577. The summed E-state index contributed by atoms with van der Waals surface area (Å²) in [4.78, 5) is 10.4. The quantitative estimate of drug-likeness (QED) is 0.629. The number of rotatable bonds is 3. The summed E-state index contributed by atoms with van der Waals surface area (Å²) in [5.41, 5.74) is 1.08. The first-order valence-electron chi connectivity index (χ1n) is 5.52. The third-order valence-corrected chi connectivity index (χ3v) is 3.42. The van der Waals surface area contributed by atoms with E-state index in [-0.39, 0.29) is 27.5 Å². The lowest BCUT2D eigenvalue weighted by molar-refractivity contribution is -0.385. The van der Waals surface area contributed by atoms with E-state index in [9.17, 15) is 10.1 Å². The smallest absolute Gasteiger partial charge is 0.313 e. The van der Waals surface area contributed by atoms with E-state index in [1.165, 1.54) is 18.2 Å². The van der Waals surface area contributed by atoms with Crippen LogP contribution in [0.4, 0.5) is 5.69 Å². The maximum atomic E-state index is 11.0. The van der Waals surface area contributed by atoms with Crippen molar-refractivity contribution in [1.29, 1.82) is 0 Å². The predicted molar refractivity (Wildman–Crippen MR) is 74.7 cm³/mol. The molecule has 0 saturated carbocycles. The number of nitro benzene ring substituents is 1. The van der Waals surface area contributed by atoms with Gasteiger partial charge >= 0.3 is 5.69 Å². The zero-order valence-corrected chi connectivity index (χ0v) is 12.1. The summed E-state index contributed by atoms with van der Waals surface area (Å²) in [5, 5.41) is 18.9. The molecule has 0 atom stereocenters. The van der Waals surface area contributed by atoms with Crippen LogP contribution in [0.1, 0.15) is 11.1 Å². The second kappa shape index (κ2) is 5.60. The van der Waals surface area contributed by atoms with Gasteiger partial charge in [-0.05, 0) is 25.5 Å². The van der Waals surface area contributed by atoms with Crippen molar-refractivity contribution < 1.29 is 9.66 Å². The molecule has 0 spiro atoms. The molecule has 1 aromatic carbocycles. The van der Waals surface area contributed by atoms with Crippen LogP contribution in [0.3, 0.4) is 0 Å². The molecule has 104 valence electrons. The molecule has 1 heterocycles. The lowest BCUT2D eigenvalue weighted by Gasteiger charge is -2.10. The Kier molecular flexibility index (Phi) is 4.06. The molecule has 0 saturated heterocycles. The summed E-state index contributed by atoms with van der Waals surface area (Å²) in [5.74, 6) is 0.0568. The molecule has 2 aromatic rings. The highest BCUT2D eigenvalue weighted by molar-refractivity contribution is 6.32. The van der Waals surface area contributed by atoms with E-state index in [0.717, 1.165) is 0 Å². The van der Waals surface area contributed by atoms with Crippen LogP contribution in [0.15, 0.2) is 18.2 Å². The van der Waals surface area contributed by atoms with Gasteiger partial charge in [0.1, 0.15) is 0 Å². The van der Waals surface area contributed by atoms with Crippen LogP contribution < -0.4 is 4.74 Å². The van der Waals surface area contributed by atoms with Crippen molar-refractivity contribution in [2.24, 2.45) is 0 Å². The zero-order valence-electron chi connectivity index (χ0n) is 10.6. The van der Waals surface area contributed by atoms with Gasteiger partial charge in [-0.15, -0.1) is 10.2 Å². The summed E-state index contributed by atoms with van der Waals surface area (Å²) in [6, 6.07) is 4.27. The van der Waals surface area contributed by atoms with Crippen LogP contribution in [-0.4, -0.2) is 15.1 Å². The van der Waals surface area contributed by atoms with Crippen LogP contribution in [-0.2, 0) is 0 Å². The Morgan fingerprint density at radius 1 is 1.20 bits per heavy atom. The first-order valence-corrected chi connectivity index (χ1v) is 6.27. The van der Waals surface area contributed by atoms with Gasteiger partial charge in [0, 0.05) is 11.6 Å². The lowest BCUT2D eigenvalue weighted by atomic mass is 10.2. The number of halogens is 2. The predicted octanol–water partition coefficient (Wildman–Crippen LogP) is 4.10. The molecule has 0 amide bonds. The Labute approximate surface area is 124 Å². The second-order valence-electron chi connectivity index (χ2n) is 3.99. The maximum Gasteiger partial charge on any atom is 0.313 e. The Balaban J connectivity index is 2.51. The number of aromatic nitrogens is 2. The van der Waals surface area contributed by atoms with Gasteiger partial charge in [0.05, 0.1) is 9.95 Å². The van der Waals surface area contributed by atoms with Gasteiger partial charge in [0.2, 0.25) is 11.6 Å². The highest BCUT2D eigenvalue weighted by atomic mass is 35.5. The maximum absolute atomic E-state index is 11.0. The fourth-order valence-electron chi connectivity index (χ4n) is 1.49. The standard InChI is InChI=1S/C12H9Cl2N3O3/c1-6-7(2)12(16-15-11(6)14)20-10-8(13)4-3-5-9(10)17(18)19/h3-5H,1-2H3. The Morgan fingerprint density at radius 2 is 1.90 bits per heavy atom. The molecule has 8 heteroatoms. The summed E-state index contributed by atoms with van der Waals surface area (Å²) in [6.07, 6.45) is 0. The fraction of sp³-hybridized carbons (Fsp3) is 0.167. The van der Waals surface area contributed by atoms with Gasteiger partial charge in [-0.25, -0.2) is 0 Å². The number of nitrogens with zero attached hydrogens (tertiary/aromatic N) is 3. The van der Waals surface area contributed by atoms with E-state index in [0.29, 0.717) is 11.1 Å². The van der Waals surface area contributed by atoms with Gasteiger partial charge in [-0.1, -0.05) is 29.3 Å². The molecule has 0 fully saturated rings. The molecule has 0 bridgehead atoms. The number of hydrogen-bond donors (Lipinski definition) is 0. The number of nitro groups is 1. The highest BCUT2D eigenvalue weighted by Gasteiger charge is 2.21. The zero-order chi connectivity index (χ0) is 14.9. The van der Waals surface area contributed by atoms with Gasteiger partial charge in [0.15, 0.2) is 5.15 Å². The highest BCUT2D eigenvalue weighted by Crippen LogP contribution is 2.38. The van der Waals surface area contributed by atoms with Gasteiger partial charge in [-0.2, -0.15) is 0 Å². The van der Waals surface area contributed by atoms with E-state index in [4.69, 9.17) is 27.9 Å². The molecule has 0 aliphatic carbocycles. The van der Waals surface area contributed by atoms with Crippen molar-refractivity contribution in [3.05, 3.63) is 49.6 Å². The molecule has 0 radical (unpaired) electrons. The van der Waals surface area contributed by atoms with Crippen LogP contribution in [0, 0.1) is 24.0 Å². The van der Waals surface area contributed by atoms with Crippen molar-refractivity contribution >= 4 is 28.9 Å². The normalized spacial score (nSPS) is 10.4. The monoisotopic (exact) mass is 313 g/mol. The van der Waals surface area contributed by atoms with Gasteiger partial charge in [0.25, 0.3) is 0 Å². The first kappa shape index (κ1) is 14.5. The summed E-state index contributed by atoms with van der Waals surface area (Å²) < 4.78 is 5.46. The average molecular weight is 314 g/mol. The molecule has 2 rings (SSSR count). The SMILES string of the molecule is Cc1c(Cl)nnc(Oc2c(Cl)cccc2[N+](=O)[O-])c1C. The summed E-state index contributed by atoms with van der Waals surface area (Å²) in [6.45, 7) is 3.48. The third-order valence-electron chi connectivity index (χ3n) is 2.76. The molecule has 0 N–H and O–H groups in total. The molecule has 0 unspecified atom stereocenters. The van der Waals surface area contributed by atoms with Gasteiger partial charge in [-0.3, -0.25) is 10.1 Å². The largest absolute Gasteiger partial charge is 0.428 e. The summed E-state index contributed by atoms with van der Waals surface area (Å²) in [7, 11) is 0. The van der Waals surface area contributed by atoms with Crippen LogP contribution >= 0.6 is 23.2 Å². The molecular formula is C12H9Cl2N3O3. The topological polar surface area (TPSA) is 78.2 Å². The van der Waals surface area contributed by atoms with Crippen molar-refractivity contribution in [2.45, 2.75) is 13.8 Å². The van der Waals surface area contributed by atoms with Crippen LogP contribution in [0.2, 0.25) is 10.2 Å². The van der Waals surface area contributed by atoms with Crippen molar-refractivity contribution in [1.82, 2.24) is 10.2 Å². The van der Waals surface area contributed by atoms with E-state index < -0.39 is 4.92 Å². The van der Waals surface area contributed by atoms with Crippen LogP contribution in [0.5, 0.6) is 11.6 Å². The number of hydrogen-bond acceptors (Lipinski definition) is 5. The van der Waals surface area contributed by atoms with Crippen LogP contribution in [0.25, 0.3) is 0 Å². The Morgan fingerprint density at radius 3 is 2.55 bits per heavy atom. The second-order valence-corrected chi connectivity index (χ2v) is 4.76. The molecule has 6 nitrogen and oxygen atoms in total. The molecule has 1 aromatic heterocycles. The van der Waals surface area contributed by atoms with E-state index >= 15 is 0 Å². The average Bonchev–Trinajstić information content (AvgIpc) is 2.41. The van der Waals surface area contributed by atoms with Gasteiger partial charge < -0.3 is 4.74 Å². The van der Waals surface area contributed by atoms with E-state index in [2.05, 4.69) is 10.2 Å². The minimum Gasteiger partial charge on any atom is -0.428 e. The fourth-order valence-corrected chi connectivity index (χ4v) is 1.88. The van der Waals surface area contributed by atoms with E-state index in [1.54, 1.807) is 13.8 Å². The third kappa shape index (κ3) is 2.66. The molecular weight excluding hydrogens is 305 g/mol. The first-order chi connectivity index (χ1) is 9.41. The Hall–Kier alpha value is -1.92. The molecule has 20 heavy (non-hydrogen) atoms. The minimum absolute atomic E-state index is 0.0710. The number of para-hydroxylation sites is 1. The Bertz CT molecular complexity index is 692.